The quantitative estimate of drug-likeness (QED) is 0.358. The molecule has 0 spiro atoms. The molecule has 0 saturated heterocycles. The zero-order chi connectivity index (χ0) is 14.1. The van der Waals surface area contributed by atoms with E-state index in [0.717, 1.165) is 38.4 Å². The van der Waals surface area contributed by atoms with Crippen molar-refractivity contribution in [2.45, 2.75) is 33.2 Å². The van der Waals surface area contributed by atoms with Crippen LogP contribution in [0.5, 0.6) is 0 Å². The molecule has 0 bridgehead atoms. The molecule has 0 fully saturated rings. The summed E-state index contributed by atoms with van der Waals surface area (Å²) in [6.45, 7) is 10.6. The maximum absolute atomic E-state index is 4.69. The summed E-state index contributed by atoms with van der Waals surface area (Å²) in [7, 11) is 2.09. The van der Waals surface area contributed by atoms with Crippen molar-refractivity contribution in [2.75, 3.05) is 20.1 Å². The van der Waals surface area contributed by atoms with E-state index in [0.29, 0.717) is 0 Å². The smallest absolute Gasteiger partial charge is 0.194 e. The summed E-state index contributed by atoms with van der Waals surface area (Å²) in [5, 5.41) is 3.34. The lowest BCUT2D eigenvalue weighted by atomic mass is 10.3. The molecule has 1 heterocycles. The van der Waals surface area contributed by atoms with Crippen LogP contribution in [0.4, 0.5) is 0 Å². The predicted octanol–water partition coefficient (Wildman–Crippen LogP) is 3.42. The summed E-state index contributed by atoms with van der Waals surface area (Å²) in [5.74, 6) is 0.984. The zero-order valence-electron chi connectivity index (χ0n) is 12.3. The fourth-order valence-electron chi connectivity index (χ4n) is 1.77. The van der Waals surface area contributed by atoms with Crippen LogP contribution in [0.15, 0.2) is 29.8 Å². The lowest BCUT2D eigenvalue weighted by Crippen LogP contribution is -2.39. The Morgan fingerprint density at radius 1 is 1.53 bits per heavy atom. The van der Waals surface area contributed by atoms with Crippen LogP contribution < -0.4 is 5.32 Å². The first-order valence-electron chi connectivity index (χ1n) is 6.83. The molecule has 1 N–H and O–H groups in total. The van der Waals surface area contributed by atoms with E-state index in [-0.39, 0.29) is 0 Å². The molecular weight excluding hydrogens is 254 g/mol. The number of thiophene rings is 1. The van der Waals surface area contributed by atoms with Crippen molar-refractivity contribution < 1.29 is 0 Å². The number of aliphatic imine (C=N–C) groups is 1. The highest BCUT2D eigenvalue weighted by atomic mass is 32.1. The van der Waals surface area contributed by atoms with Gasteiger partial charge in [0.1, 0.15) is 0 Å². The molecule has 0 aliphatic rings. The summed E-state index contributed by atoms with van der Waals surface area (Å²) >= 11 is 1.81. The number of unbranched alkanes of at least 4 members (excludes halogenated alkanes) is 1. The molecule has 4 heteroatoms. The van der Waals surface area contributed by atoms with E-state index in [9.17, 15) is 0 Å². The van der Waals surface area contributed by atoms with E-state index < -0.39 is 0 Å². The summed E-state index contributed by atoms with van der Waals surface area (Å²) < 4.78 is 0. The fraction of sp³-hybridized carbons (Fsp3) is 0.533. The Bertz CT molecular complexity index is 409. The number of nitrogens with zero attached hydrogens (tertiary/aromatic N) is 2. The first-order chi connectivity index (χ1) is 9.17. The van der Waals surface area contributed by atoms with Crippen molar-refractivity contribution >= 4 is 17.3 Å². The number of aryl methyl sites for hydroxylation is 1. The van der Waals surface area contributed by atoms with Gasteiger partial charge in [0.25, 0.3) is 0 Å². The van der Waals surface area contributed by atoms with Crippen molar-refractivity contribution in [3.8, 4) is 0 Å². The molecule has 0 atom stereocenters. The summed E-state index contributed by atoms with van der Waals surface area (Å²) in [5.41, 5.74) is 0. The molecule has 0 aromatic carbocycles. The molecule has 0 aliphatic carbocycles. The number of allylic oxidation sites excluding steroid dienone is 1. The van der Waals surface area contributed by atoms with E-state index in [2.05, 4.69) is 49.8 Å². The Morgan fingerprint density at radius 2 is 2.32 bits per heavy atom. The monoisotopic (exact) mass is 279 g/mol. The van der Waals surface area contributed by atoms with Crippen LogP contribution in [0, 0.1) is 6.92 Å². The van der Waals surface area contributed by atoms with Gasteiger partial charge >= 0.3 is 0 Å². The molecule has 0 radical (unpaired) electrons. The van der Waals surface area contributed by atoms with Gasteiger partial charge in [-0.3, -0.25) is 0 Å². The third-order valence-corrected chi connectivity index (χ3v) is 3.76. The van der Waals surface area contributed by atoms with Gasteiger partial charge in [0.15, 0.2) is 5.96 Å². The van der Waals surface area contributed by atoms with Crippen LogP contribution in [0.2, 0.25) is 0 Å². The van der Waals surface area contributed by atoms with Gasteiger partial charge < -0.3 is 10.2 Å². The summed E-state index contributed by atoms with van der Waals surface area (Å²) in [4.78, 5) is 9.53. The van der Waals surface area contributed by atoms with Crippen LogP contribution in [-0.2, 0) is 6.54 Å². The Hall–Kier alpha value is -1.29. The minimum Gasteiger partial charge on any atom is -0.357 e. The topological polar surface area (TPSA) is 27.6 Å². The Kier molecular flexibility index (Phi) is 7.26. The van der Waals surface area contributed by atoms with Crippen LogP contribution in [0.25, 0.3) is 0 Å². The van der Waals surface area contributed by atoms with Gasteiger partial charge in [0, 0.05) is 29.9 Å². The van der Waals surface area contributed by atoms with Crippen molar-refractivity contribution in [1.82, 2.24) is 10.2 Å². The average molecular weight is 279 g/mol. The van der Waals surface area contributed by atoms with Crippen LogP contribution in [0.3, 0.4) is 0 Å². The van der Waals surface area contributed by atoms with E-state index in [1.165, 1.54) is 9.75 Å². The van der Waals surface area contributed by atoms with Crippen molar-refractivity contribution in [2.24, 2.45) is 4.99 Å². The second-order valence-corrected chi connectivity index (χ2v) is 5.91. The molecule has 0 amide bonds. The van der Waals surface area contributed by atoms with Gasteiger partial charge in [-0.2, -0.15) is 0 Å². The van der Waals surface area contributed by atoms with Gasteiger partial charge in [0.2, 0.25) is 0 Å². The predicted molar refractivity (Wildman–Crippen MR) is 85.9 cm³/mol. The highest BCUT2D eigenvalue weighted by Gasteiger charge is 2.05. The molecule has 1 aromatic heterocycles. The number of hydrogen-bond donors (Lipinski definition) is 1. The van der Waals surface area contributed by atoms with Gasteiger partial charge in [-0.05, 0) is 38.8 Å². The average Bonchev–Trinajstić information content (AvgIpc) is 2.80. The maximum atomic E-state index is 4.69. The highest BCUT2D eigenvalue weighted by molar-refractivity contribution is 7.11. The molecule has 1 rings (SSSR count). The van der Waals surface area contributed by atoms with Crippen LogP contribution in [-0.4, -0.2) is 31.0 Å². The van der Waals surface area contributed by atoms with Crippen molar-refractivity contribution in [3.05, 3.63) is 34.5 Å². The van der Waals surface area contributed by atoms with E-state index in [4.69, 9.17) is 4.99 Å². The minimum absolute atomic E-state index is 0.757. The number of hydrogen-bond acceptors (Lipinski definition) is 2. The highest BCUT2D eigenvalue weighted by Crippen LogP contribution is 2.15. The lowest BCUT2D eigenvalue weighted by molar-refractivity contribution is 0.470. The van der Waals surface area contributed by atoms with E-state index >= 15 is 0 Å². The van der Waals surface area contributed by atoms with Crippen molar-refractivity contribution in [1.29, 1.82) is 0 Å². The Labute approximate surface area is 121 Å². The molecule has 0 saturated carbocycles. The lowest BCUT2D eigenvalue weighted by Gasteiger charge is -2.21. The number of guanidine groups is 1. The summed E-state index contributed by atoms with van der Waals surface area (Å²) in [6.07, 6.45) is 4.13. The van der Waals surface area contributed by atoms with Gasteiger partial charge in [-0.15, -0.1) is 17.9 Å². The zero-order valence-corrected chi connectivity index (χ0v) is 13.1. The molecule has 106 valence electrons. The Morgan fingerprint density at radius 3 is 2.89 bits per heavy atom. The molecular formula is C15H25N3S. The Balaban J connectivity index is 2.56. The molecule has 1 aromatic rings. The largest absolute Gasteiger partial charge is 0.357 e. The van der Waals surface area contributed by atoms with E-state index in [1.807, 2.05) is 17.4 Å². The standard InChI is InChI=1S/C15H25N3S/c1-5-7-8-11-18(4)15(16-6-2)17-12-14-10-9-13(3)19-14/h5,9-10H,1,6-8,11-12H2,2-4H3,(H,16,17). The minimum atomic E-state index is 0.757. The summed E-state index contributed by atoms with van der Waals surface area (Å²) in [6, 6.07) is 4.31. The first kappa shape index (κ1) is 15.8. The number of rotatable bonds is 7. The van der Waals surface area contributed by atoms with Gasteiger partial charge in [-0.1, -0.05) is 6.08 Å². The first-order valence-corrected chi connectivity index (χ1v) is 7.64. The number of nitrogens with one attached hydrogen (secondary N) is 1. The van der Waals surface area contributed by atoms with E-state index in [1.54, 1.807) is 0 Å². The van der Waals surface area contributed by atoms with Gasteiger partial charge in [0.05, 0.1) is 6.54 Å². The second-order valence-electron chi connectivity index (χ2n) is 4.53. The third kappa shape index (κ3) is 5.92. The molecule has 0 aliphatic heterocycles. The van der Waals surface area contributed by atoms with Crippen LogP contribution in [0.1, 0.15) is 29.5 Å². The fourth-order valence-corrected chi connectivity index (χ4v) is 2.59. The third-order valence-electron chi connectivity index (χ3n) is 2.78. The maximum Gasteiger partial charge on any atom is 0.194 e. The van der Waals surface area contributed by atoms with Gasteiger partial charge in [-0.25, -0.2) is 4.99 Å². The molecule has 0 unspecified atom stereocenters. The SMILES string of the molecule is C=CCCCN(C)C(=NCc1ccc(C)s1)NCC. The molecule has 19 heavy (non-hydrogen) atoms. The normalized spacial score (nSPS) is 11.4. The molecule has 3 nitrogen and oxygen atoms in total. The van der Waals surface area contributed by atoms with Crippen molar-refractivity contribution in [3.63, 3.8) is 0 Å². The second kappa shape index (κ2) is 8.75. The van der Waals surface area contributed by atoms with Crippen LogP contribution >= 0.6 is 11.3 Å².